The van der Waals surface area contributed by atoms with E-state index in [1.165, 1.54) is 4.40 Å². The molecule has 2 aliphatic heterocycles. The van der Waals surface area contributed by atoms with E-state index >= 15 is 0 Å². The monoisotopic (exact) mass is 726 g/mol. The average Bonchev–Trinajstić information content (AvgIpc) is 3.79. The molecule has 2 fully saturated rings. The minimum Gasteiger partial charge on any atom is -0.481 e. The van der Waals surface area contributed by atoms with Gasteiger partial charge in [0.2, 0.25) is 11.8 Å². The van der Waals surface area contributed by atoms with Gasteiger partial charge in [0, 0.05) is 78.9 Å². The number of pyridine rings is 2. The third-order valence-electron chi connectivity index (χ3n) is 9.59. The molecule has 2 aliphatic rings. The number of nitrogens with one attached hydrogen (secondary N) is 2. The fraction of sp³-hybridized carbons (Fsp3) is 0.289. The number of rotatable bonds is 11. The van der Waals surface area contributed by atoms with Crippen LogP contribution in [0.2, 0.25) is 10.0 Å². The summed E-state index contributed by atoms with van der Waals surface area (Å²) >= 11 is 14.2. The minimum absolute atomic E-state index is 0.0880. The zero-order chi connectivity index (χ0) is 35.6. The minimum atomic E-state index is -0.808. The number of carbonyl (C=O) groups is 2. The number of methoxy groups -OCH3 is 1. The Labute approximate surface area is 304 Å². The quantitative estimate of drug-likeness (QED) is 0.157. The molecule has 262 valence electrons. The van der Waals surface area contributed by atoms with Crippen LogP contribution in [0, 0.1) is 5.92 Å². The van der Waals surface area contributed by atoms with Gasteiger partial charge in [0.15, 0.2) is 0 Å². The molecule has 3 aromatic heterocycles. The number of aromatic nitrogens is 3. The fourth-order valence-electron chi connectivity index (χ4n) is 6.85. The second-order valence-electron chi connectivity index (χ2n) is 12.9. The van der Waals surface area contributed by atoms with Gasteiger partial charge in [0.05, 0.1) is 34.3 Å². The smallest absolute Gasteiger partial charge is 0.307 e. The molecule has 1 amide bonds. The number of hydrogen-bond acceptors (Lipinski definition) is 8. The zero-order valence-corrected chi connectivity index (χ0v) is 29.4. The van der Waals surface area contributed by atoms with Gasteiger partial charge in [-0.25, -0.2) is 9.97 Å². The first-order chi connectivity index (χ1) is 24.7. The van der Waals surface area contributed by atoms with E-state index in [0.29, 0.717) is 78.4 Å². The molecule has 0 saturated carbocycles. The maximum absolute atomic E-state index is 13.3. The third-order valence-corrected chi connectivity index (χ3v) is 10.4. The number of carbonyl (C=O) groups excluding carboxylic acids is 1. The normalized spacial score (nSPS) is 17.6. The van der Waals surface area contributed by atoms with Crippen molar-refractivity contribution in [3.8, 4) is 39.4 Å². The summed E-state index contributed by atoms with van der Waals surface area (Å²) in [7, 11) is 1.58. The number of carboxylic acid groups (broad SMARTS) is 1. The first-order valence-electron chi connectivity index (χ1n) is 16.8. The molecule has 0 aliphatic carbocycles. The van der Waals surface area contributed by atoms with E-state index in [2.05, 4.69) is 15.6 Å². The summed E-state index contributed by atoms with van der Waals surface area (Å²) in [5.41, 5.74) is 6.04. The molecule has 3 N–H and O–H groups in total. The number of benzene rings is 2. The van der Waals surface area contributed by atoms with E-state index in [1.807, 2.05) is 65.6 Å². The van der Waals surface area contributed by atoms with E-state index in [1.54, 1.807) is 19.5 Å². The highest BCUT2D eigenvalue weighted by Crippen LogP contribution is 2.42. The number of halogens is 2. The van der Waals surface area contributed by atoms with Gasteiger partial charge in [-0.2, -0.15) is 0 Å². The van der Waals surface area contributed by atoms with Crippen LogP contribution >= 0.6 is 23.2 Å². The van der Waals surface area contributed by atoms with Crippen LogP contribution in [-0.4, -0.2) is 69.0 Å². The fourth-order valence-corrected chi connectivity index (χ4v) is 7.51. The lowest BCUT2D eigenvalue weighted by molar-refractivity contribution is -0.141. The maximum atomic E-state index is 13.3. The van der Waals surface area contributed by atoms with Crippen molar-refractivity contribution in [3.63, 3.8) is 0 Å². The Hall–Kier alpha value is -4.81. The predicted octanol–water partition coefficient (Wildman–Crippen LogP) is 5.68. The van der Waals surface area contributed by atoms with Crippen LogP contribution in [-0.2, 0) is 22.7 Å². The van der Waals surface area contributed by atoms with Crippen LogP contribution in [0.1, 0.15) is 30.4 Å². The lowest BCUT2D eigenvalue weighted by Gasteiger charge is -2.16. The van der Waals surface area contributed by atoms with Gasteiger partial charge in [-0.15, -0.1) is 0 Å². The van der Waals surface area contributed by atoms with Crippen molar-refractivity contribution in [2.24, 2.45) is 5.92 Å². The van der Waals surface area contributed by atoms with Crippen molar-refractivity contribution in [2.45, 2.75) is 38.4 Å². The number of ether oxygens (including phenoxy) is 1. The number of likely N-dealkylation sites (tertiary alicyclic amines) is 1. The molecule has 2 aromatic carbocycles. The summed E-state index contributed by atoms with van der Waals surface area (Å²) in [5, 5.41) is 16.7. The molecule has 13 heteroatoms. The van der Waals surface area contributed by atoms with Crippen LogP contribution in [0.3, 0.4) is 0 Å². The van der Waals surface area contributed by atoms with Crippen LogP contribution in [0.15, 0.2) is 77.9 Å². The Balaban J connectivity index is 1.12. The van der Waals surface area contributed by atoms with Crippen molar-refractivity contribution < 1.29 is 19.4 Å². The van der Waals surface area contributed by atoms with Gasteiger partial charge in [0.25, 0.3) is 5.56 Å². The molecule has 0 radical (unpaired) electrons. The Morgan fingerprint density at radius 2 is 1.75 bits per heavy atom. The van der Waals surface area contributed by atoms with Gasteiger partial charge in [0.1, 0.15) is 5.65 Å². The summed E-state index contributed by atoms with van der Waals surface area (Å²) in [4.78, 5) is 47.5. The van der Waals surface area contributed by atoms with Crippen molar-refractivity contribution in [3.05, 3.63) is 105 Å². The summed E-state index contributed by atoms with van der Waals surface area (Å²) in [6.45, 7) is 2.58. The summed E-state index contributed by atoms with van der Waals surface area (Å²) < 4.78 is 7.14. The number of nitrogens with zero attached hydrogens (tertiary/aromatic N) is 4. The molecule has 0 bridgehead atoms. The molecule has 51 heavy (non-hydrogen) atoms. The largest absolute Gasteiger partial charge is 0.481 e. The van der Waals surface area contributed by atoms with Gasteiger partial charge < -0.3 is 20.5 Å². The SMILES string of the molecule is COc1nc(-c2cccc(-c3cccc(-c4ccn5c(=O)c(CN6CC[C@@H](C(=O)O)C6)cnc5c4)c3Cl)c2Cl)ccc1CNC[C@H]1CCC(=O)N1. The van der Waals surface area contributed by atoms with Crippen molar-refractivity contribution in [1.82, 2.24) is 29.9 Å². The Morgan fingerprint density at radius 1 is 1.00 bits per heavy atom. The van der Waals surface area contributed by atoms with Crippen LogP contribution < -0.4 is 20.9 Å². The van der Waals surface area contributed by atoms with Crippen molar-refractivity contribution in [1.29, 1.82) is 0 Å². The number of aliphatic carboxylic acids is 1. The molecule has 5 aromatic rings. The Morgan fingerprint density at radius 3 is 2.45 bits per heavy atom. The van der Waals surface area contributed by atoms with Gasteiger partial charge in [-0.3, -0.25) is 23.7 Å². The lowest BCUT2D eigenvalue weighted by Crippen LogP contribution is -2.35. The van der Waals surface area contributed by atoms with E-state index in [0.717, 1.165) is 39.8 Å². The predicted molar refractivity (Wildman–Crippen MR) is 196 cm³/mol. The summed E-state index contributed by atoms with van der Waals surface area (Å²) in [6.07, 6.45) is 5.21. The molecular weight excluding hydrogens is 691 g/mol. The number of hydrogen-bond donors (Lipinski definition) is 3. The molecule has 2 atom stereocenters. The van der Waals surface area contributed by atoms with Gasteiger partial charge in [-0.05, 0) is 43.1 Å². The Bertz CT molecular complexity index is 2210. The van der Waals surface area contributed by atoms with Gasteiger partial charge >= 0.3 is 5.97 Å². The second-order valence-corrected chi connectivity index (χ2v) is 13.7. The highest BCUT2D eigenvalue weighted by atomic mass is 35.5. The Kier molecular flexibility index (Phi) is 10.1. The second kappa shape index (κ2) is 14.8. The first-order valence-corrected chi connectivity index (χ1v) is 17.5. The number of carboxylic acids is 1. The molecule has 0 unspecified atom stereocenters. The molecule has 0 spiro atoms. The molecule has 7 rings (SSSR count). The van der Waals surface area contributed by atoms with E-state index in [-0.39, 0.29) is 17.5 Å². The number of fused-ring (bicyclic) bond motifs is 1. The average molecular weight is 728 g/mol. The van der Waals surface area contributed by atoms with Crippen molar-refractivity contribution in [2.75, 3.05) is 26.7 Å². The van der Waals surface area contributed by atoms with Crippen LogP contribution in [0.5, 0.6) is 5.88 Å². The first kappa shape index (κ1) is 34.6. The number of amides is 1. The molecule has 11 nitrogen and oxygen atoms in total. The standard InChI is InChI=1S/C38H36Cl2N6O5/c1-51-36-23(17-41-19-26-9-11-33(47)43-26)8-10-31(44-36)30-7-3-6-29(35(30)40)28-5-2-4-27(34(28)39)22-13-15-46-32(16-22)42-18-25(37(46)48)21-45-14-12-24(20-45)38(49)50/h2-8,10,13,15-16,18,24,26,41H,9,11-12,14,17,19-21H2,1H3,(H,43,47)(H,49,50)/t24-,26-/m1/s1. The van der Waals surface area contributed by atoms with E-state index in [9.17, 15) is 19.5 Å². The van der Waals surface area contributed by atoms with Gasteiger partial charge in [-0.1, -0.05) is 65.7 Å². The van der Waals surface area contributed by atoms with E-state index < -0.39 is 11.9 Å². The van der Waals surface area contributed by atoms with E-state index in [4.69, 9.17) is 32.9 Å². The molecule has 5 heterocycles. The summed E-state index contributed by atoms with van der Waals surface area (Å²) in [5.74, 6) is -0.653. The van der Waals surface area contributed by atoms with Crippen LogP contribution in [0.25, 0.3) is 39.2 Å². The summed E-state index contributed by atoms with van der Waals surface area (Å²) in [6, 6.07) is 19.1. The van der Waals surface area contributed by atoms with Crippen LogP contribution in [0.4, 0.5) is 0 Å². The molecule has 2 saturated heterocycles. The van der Waals surface area contributed by atoms with Crippen molar-refractivity contribution >= 4 is 40.7 Å². The highest BCUT2D eigenvalue weighted by molar-refractivity contribution is 6.39. The highest BCUT2D eigenvalue weighted by Gasteiger charge is 2.28. The molecular formula is C38H36Cl2N6O5. The lowest BCUT2D eigenvalue weighted by atomic mass is 9.97. The third kappa shape index (κ3) is 7.20. The zero-order valence-electron chi connectivity index (χ0n) is 27.9. The maximum Gasteiger partial charge on any atom is 0.307 e. The topological polar surface area (TPSA) is 138 Å².